The van der Waals surface area contributed by atoms with Gasteiger partial charge in [-0.25, -0.2) is 4.79 Å². The van der Waals surface area contributed by atoms with Crippen molar-refractivity contribution in [3.63, 3.8) is 0 Å². The second-order valence-electron chi connectivity index (χ2n) is 3.76. The zero-order valence-electron chi connectivity index (χ0n) is 10.5. The molecule has 0 fully saturated rings. The Kier molecular flexibility index (Phi) is 5.08. The lowest BCUT2D eigenvalue weighted by Crippen LogP contribution is -2.14. The molecule has 0 aliphatic carbocycles. The Bertz CT molecular complexity index is 562. The second-order valence-corrected chi connectivity index (χ2v) is 5.38. The van der Waals surface area contributed by atoms with Crippen LogP contribution in [0.15, 0.2) is 41.3 Å². The zero-order chi connectivity index (χ0) is 14.5. The monoisotopic (exact) mass is 285 g/mol. The predicted octanol–water partition coefficient (Wildman–Crippen LogP) is 1.09. The fourth-order valence-corrected chi connectivity index (χ4v) is 2.00. The summed E-state index contributed by atoms with van der Waals surface area (Å²) in [6, 6.07) is 5.59. The molecule has 0 radical (unpaired) electrons. The quantitative estimate of drug-likeness (QED) is 0.276. The van der Waals surface area contributed by atoms with E-state index in [1.165, 1.54) is 31.2 Å². The zero-order valence-corrected chi connectivity index (χ0v) is 11.3. The molecular formula is C12H15NO5S. The number of anilines is 1. The first-order valence-corrected chi connectivity index (χ1v) is 6.81. The van der Waals surface area contributed by atoms with E-state index in [1.54, 1.807) is 0 Å². The SMILES string of the molecule is C=C(C)C(=O)OCCOS(=O)(=O)c1ccc(N)cc1. The van der Waals surface area contributed by atoms with Crippen molar-refractivity contribution in [3.05, 3.63) is 36.4 Å². The van der Waals surface area contributed by atoms with Gasteiger partial charge in [-0.15, -0.1) is 0 Å². The molecule has 7 heteroatoms. The normalized spacial score (nSPS) is 11.0. The van der Waals surface area contributed by atoms with Crippen molar-refractivity contribution in [1.29, 1.82) is 0 Å². The van der Waals surface area contributed by atoms with Gasteiger partial charge in [0.2, 0.25) is 0 Å². The van der Waals surface area contributed by atoms with Gasteiger partial charge in [-0.05, 0) is 31.2 Å². The Morgan fingerprint density at radius 2 is 1.84 bits per heavy atom. The van der Waals surface area contributed by atoms with Crippen LogP contribution in [0.2, 0.25) is 0 Å². The third-order valence-corrected chi connectivity index (χ3v) is 3.40. The van der Waals surface area contributed by atoms with Crippen molar-refractivity contribution >= 4 is 21.8 Å². The molecule has 0 unspecified atom stereocenters. The lowest BCUT2D eigenvalue weighted by atomic mass is 10.3. The van der Waals surface area contributed by atoms with Gasteiger partial charge < -0.3 is 10.5 Å². The van der Waals surface area contributed by atoms with Gasteiger partial charge in [-0.3, -0.25) is 4.18 Å². The Balaban J connectivity index is 2.50. The highest BCUT2D eigenvalue weighted by Gasteiger charge is 2.15. The maximum atomic E-state index is 11.7. The predicted molar refractivity (Wildman–Crippen MR) is 69.8 cm³/mol. The number of nitrogen functional groups attached to an aromatic ring is 1. The number of carbonyl (C=O) groups is 1. The number of carbonyl (C=O) groups excluding carboxylic acids is 1. The smallest absolute Gasteiger partial charge is 0.333 e. The van der Waals surface area contributed by atoms with E-state index in [-0.39, 0.29) is 23.7 Å². The number of hydrogen-bond acceptors (Lipinski definition) is 6. The van der Waals surface area contributed by atoms with Crippen LogP contribution in [0.25, 0.3) is 0 Å². The molecule has 0 heterocycles. The third kappa shape index (κ3) is 4.72. The van der Waals surface area contributed by atoms with Gasteiger partial charge >= 0.3 is 5.97 Å². The summed E-state index contributed by atoms with van der Waals surface area (Å²) in [6.45, 7) is 4.46. The van der Waals surface area contributed by atoms with Gasteiger partial charge in [0, 0.05) is 11.3 Å². The molecule has 1 rings (SSSR count). The molecule has 6 nitrogen and oxygen atoms in total. The first-order chi connectivity index (χ1) is 8.83. The first kappa shape index (κ1) is 15.2. The lowest BCUT2D eigenvalue weighted by Gasteiger charge is -2.07. The van der Waals surface area contributed by atoms with E-state index in [4.69, 9.17) is 14.7 Å². The summed E-state index contributed by atoms with van der Waals surface area (Å²) in [5.41, 5.74) is 6.14. The first-order valence-electron chi connectivity index (χ1n) is 5.40. The van der Waals surface area contributed by atoms with Crippen LogP contribution >= 0.6 is 0 Å². The molecule has 1 aromatic rings. The van der Waals surface area contributed by atoms with Gasteiger partial charge in [0.15, 0.2) is 0 Å². The summed E-state index contributed by atoms with van der Waals surface area (Å²) in [7, 11) is -3.86. The van der Waals surface area contributed by atoms with Crippen LogP contribution in [-0.2, 0) is 23.8 Å². The summed E-state index contributed by atoms with van der Waals surface area (Å²) in [4.78, 5) is 11.0. The van der Waals surface area contributed by atoms with E-state index in [0.29, 0.717) is 5.69 Å². The van der Waals surface area contributed by atoms with Gasteiger partial charge in [0.1, 0.15) is 13.2 Å². The van der Waals surface area contributed by atoms with E-state index in [1.807, 2.05) is 0 Å². The summed E-state index contributed by atoms with van der Waals surface area (Å²) in [5, 5.41) is 0. The van der Waals surface area contributed by atoms with Crippen LogP contribution in [-0.4, -0.2) is 27.6 Å². The molecule has 0 amide bonds. The number of esters is 1. The Morgan fingerprint density at radius 1 is 1.26 bits per heavy atom. The molecule has 0 aromatic heterocycles. The number of benzene rings is 1. The highest BCUT2D eigenvalue weighted by Crippen LogP contribution is 2.14. The average Bonchev–Trinajstić information content (AvgIpc) is 2.34. The molecule has 104 valence electrons. The number of hydrogen-bond donors (Lipinski definition) is 1. The topological polar surface area (TPSA) is 95.7 Å². The van der Waals surface area contributed by atoms with Crippen LogP contribution in [0.4, 0.5) is 5.69 Å². The van der Waals surface area contributed by atoms with Crippen molar-refractivity contribution in [1.82, 2.24) is 0 Å². The van der Waals surface area contributed by atoms with Crippen LogP contribution in [0.5, 0.6) is 0 Å². The van der Waals surface area contributed by atoms with Gasteiger partial charge in [-0.1, -0.05) is 6.58 Å². The average molecular weight is 285 g/mol. The highest BCUT2D eigenvalue weighted by atomic mass is 32.2. The van der Waals surface area contributed by atoms with Crippen molar-refractivity contribution in [3.8, 4) is 0 Å². The molecule has 19 heavy (non-hydrogen) atoms. The fraction of sp³-hybridized carbons (Fsp3) is 0.250. The third-order valence-electron chi connectivity index (χ3n) is 2.07. The minimum Gasteiger partial charge on any atom is -0.460 e. The van der Waals surface area contributed by atoms with Gasteiger partial charge in [-0.2, -0.15) is 8.42 Å². The number of ether oxygens (including phenoxy) is 1. The molecule has 0 bridgehead atoms. The summed E-state index contributed by atoms with van der Waals surface area (Å²) in [6.07, 6.45) is 0. The second kappa shape index (κ2) is 6.35. The van der Waals surface area contributed by atoms with E-state index in [9.17, 15) is 13.2 Å². The van der Waals surface area contributed by atoms with Crippen molar-refractivity contribution in [2.24, 2.45) is 0 Å². The number of rotatable bonds is 6. The van der Waals surface area contributed by atoms with Crippen molar-refractivity contribution < 1.29 is 22.1 Å². The molecule has 0 aliphatic heterocycles. The Labute approximate surface area is 111 Å². The molecular weight excluding hydrogens is 270 g/mol. The van der Waals surface area contributed by atoms with Crippen LogP contribution in [0, 0.1) is 0 Å². The van der Waals surface area contributed by atoms with E-state index < -0.39 is 16.1 Å². The van der Waals surface area contributed by atoms with E-state index in [0.717, 1.165) is 0 Å². The summed E-state index contributed by atoms with van der Waals surface area (Å²) >= 11 is 0. The Morgan fingerprint density at radius 3 is 2.37 bits per heavy atom. The van der Waals surface area contributed by atoms with Gasteiger partial charge in [0.25, 0.3) is 10.1 Å². The van der Waals surface area contributed by atoms with Crippen molar-refractivity contribution in [2.75, 3.05) is 18.9 Å². The minimum atomic E-state index is -3.86. The van der Waals surface area contributed by atoms with Crippen LogP contribution in [0.1, 0.15) is 6.92 Å². The standard InChI is InChI=1S/C12H15NO5S/c1-9(2)12(14)17-7-8-18-19(15,16)11-5-3-10(13)4-6-11/h3-6H,1,7-8,13H2,2H3. The maximum absolute atomic E-state index is 11.7. The van der Waals surface area contributed by atoms with E-state index in [2.05, 4.69) is 6.58 Å². The van der Waals surface area contributed by atoms with E-state index >= 15 is 0 Å². The van der Waals surface area contributed by atoms with Crippen molar-refractivity contribution in [2.45, 2.75) is 11.8 Å². The fourth-order valence-electron chi connectivity index (χ4n) is 1.10. The largest absolute Gasteiger partial charge is 0.460 e. The molecule has 0 aliphatic rings. The van der Waals surface area contributed by atoms with Gasteiger partial charge in [0.05, 0.1) is 4.90 Å². The Hall–Kier alpha value is -1.86. The lowest BCUT2D eigenvalue weighted by molar-refractivity contribution is -0.139. The summed E-state index contributed by atoms with van der Waals surface area (Å²) in [5.74, 6) is -0.589. The minimum absolute atomic E-state index is 0.00655. The molecule has 0 saturated carbocycles. The molecule has 2 N–H and O–H groups in total. The van der Waals surface area contributed by atoms with Crippen LogP contribution in [0.3, 0.4) is 0 Å². The number of nitrogens with two attached hydrogens (primary N) is 1. The maximum Gasteiger partial charge on any atom is 0.333 e. The highest BCUT2D eigenvalue weighted by molar-refractivity contribution is 7.86. The van der Waals surface area contributed by atoms with Crippen LogP contribution < -0.4 is 5.73 Å². The molecule has 0 atom stereocenters. The summed E-state index contributed by atoms with van der Waals surface area (Å²) < 4.78 is 32.8. The molecule has 1 aromatic carbocycles. The molecule has 0 spiro atoms. The molecule has 0 saturated heterocycles.